The molecule has 0 amide bonds. The van der Waals surface area contributed by atoms with Crippen molar-refractivity contribution in [3.05, 3.63) is 84.7 Å². The Morgan fingerprint density at radius 3 is 2.12 bits per heavy atom. The SMILES string of the molecule is O=S(=O)(Nc1ccc(F)cc1Oc1ccccc1)c1ccccc1. The Hall–Kier alpha value is -2.86. The van der Waals surface area contributed by atoms with Crippen molar-refractivity contribution >= 4 is 15.7 Å². The van der Waals surface area contributed by atoms with E-state index in [4.69, 9.17) is 4.74 Å². The van der Waals surface area contributed by atoms with E-state index >= 15 is 0 Å². The van der Waals surface area contributed by atoms with E-state index < -0.39 is 15.8 Å². The topological polar surface area (TPSA) is 55.4 Å². The van der Waals surface area contributed by atoms with Crippen LogP contribution in [0.3, 0.4) is 0 Å². The fourth-order valence-corrected chi connectivity index (χ4v) is 3.18. The predicted molar refractivity (Wildman–Crippen MR) is 90.2 cm³/mol. The summed E-state index contributed by atoms with van der Waals surface area (Å²) in [4.78, 5) is 0.111. The number of hydrogen-bond donors (Lipinski definition) is 1. The Balaban J connectivity index is 1.94. The lowest BCUT2D eigenvalue weighted by molar-refractivity contribution is 0.479. The van der Waals surface area contributed by atoms with Gasteiger partial charge in [0.05, 0.1) is 10.6 Å². The van der Waals surface area contributed by atoms with Crippen LogP contribution in [-0.2, 0) is 10.0 Å². The number of para-hydroxylation sites is 1. The highest BCUT2D eigenvalue weighted by atomic mass is 32.2. The lowest BCUT2D eigenvalue weighted by Gasteiger charge is -2.13. The summed E-state index contributed by atoms with van der Waals surface area (Å²) in [6, 6.07) is 20.3. The lowest BCUT2D eigenvalue weighted by Crippen LogP contribution is -2.13. The normalized spacial score (nSPS) is 11.0. The standard InChI is InChI=1S/C18H14FNO3S/c19-14-11-12-17(18(13-14)23-15-7-3-1-4-8-15)20-24(21,22)16-9-5-2-6-10-16/h1-13,20H. The van der Waals surface area contributed by atoms with E-state index in [9.17, 15) is 12.8 Å². The third-order valence-electron chi connectivity index (χ3n) is 3.21. The molecule has 0 saturated heterocycles. The molecule has 6 heteroatoms. The second kappa shape index (κ2) is 6.72. The van der Waals surface area contributed by atoms with E-state index in [2.05, 4.69) is 4.72 Å². The van der Waals surface area contributed by atoms with E-state index in [1.165, 1.54) is 24.3 Å². The molecule has 0 fully saturated rings. The van der Waals surface area contributed by atoms with Gasteiger partial charge >= 0.3 is 0 Å². The van der Waals surface area contributed by atoms with Crippen LogP contribution in [0.4, 0.5) is 10.1 Å². The summed E-state index contributed by atoms with van der Waals surface area (Å²) in [5.41, 5.74) is 0.157. The van der Waals surface area contributed by atoms with Crippen molar-refractivity contribution in [3.8, 4) is 11.5 Å². The van der Waals surface area contributed by atoms with Crippen molar-refractivity contribution in [1.29, 1.82) is 0 Å². The number of nitrogens with one attached hydrogen (secondary N) is 1. The number of hydrogen-bond acceptors (Lipinski definition) is 3. The number of ether oxygens (including phenoxy) is 1. The molecule has 0 atom stereocenters. The van der Waals surface area contributed by atoms with Gasteiger partial charge < -0.3 is 4.74 Å². The second-order valence-electron chi connectivity index (χ2n) is 4.97. The number of benzene rings is 3. The lowest BCUT2D eigenvalue weighted by atomic mass is 10.3. The third kappa shape index (κ3) is 3.72. The van der Waals surface area contributed by atoms with Crippen LogP contribution in [0.1, 0.15) is 0 Å². The van der Waals surface area contributed by atoms with Gasteiger partial charge in [-0.25, -0.2) is 12.8 Å². The molecule has 0 bridgehead atoms. The molecule has 3 aromatic carbocycles. The molecule has 0 aliphatic carbocycles. The molecule has 0 radical (unpaired) electrons. The van der Waals surface area contributed by atoms with Gasteiger partial charge in [-0.3, -0.25) is 4.72 Å². The molecule has 122 valence electrons. The molecule has 0 aromatic heterocycles. The van der Waals surface area contributed by atoms with E-state index in [-0.39, 0.29) is 16.3 Å². The highest BCUT2D eigenvalue weighted by Crippen LogP contribution is 2.31. The first kappa shape index (κ1) is 16.0. The fraction of sp³-hybridized carbons (Fsp3) is 0. The van der Waals surface area contributed by atoms with Crippen LogP contribution in [0.25, 0.3) is 0 Å². The molecule has 4 nitrogen and oxygen atoms in total. The summed E-state index contributed by atoms with van der Waals surface area (Å²) in [7, 11) is -3.79. The zero-order valence-electron chi connectivity index (χ0n) is 12.5. The molecule has 0 saturated carbocycles. The van der Waals surface area contributed by atoms with Crippen LogP contribution >= 0.6 is 0 Å². The van der Waals surface area contributed by atoms with Crippen LogP contribution in [0, 0.1) is 5.82 Å². The second-order valence-corrected chi connectivity index (χ2v) is 6.66. The van der Waals surface area contributed by atoms with Gasteiger partial charge in [0.2, 0.25) is 0 Å². The zero-order chi connectivity index (χ0) is 17.0. The van der Waals surface area contributed by atoms with Gasteiger partial charge in [0.1, 0.15) is 11.6 Å². The average Bonchev–Trinajstić information content (AvgIpc) is 2.59. The predicted octanol–water partition coefficient (Wildman–Crippen LogP) is 4.42. The van der Waals surface area contributed by atoms with E-state index in [1.807, 2.05) is 6.07 Å². The van der Waals surface area contributed by atoms with Gasteiger partial charge in [-0.15, -0.1) is 0 Å². The first-order chi connectivity index (χ1) is 11.5. The van der Waals surface area contributed by atoms with Gasteiger partial charge in [0.25, 0.3) is 10.0 Å². The summed E-state index contributed by atoms with van der Waals surface area (Å²) >= 11 is 0. The van der Waals surface area contributed by atoms with Crippen molar-refractivity contribution in [2.24, 2.45) is 0 Å². The van der Waals surface area contributed by atoms with E-state index in [0.29, 0.717) is 5.75 Å². The first-order valence-corrected chi connectivity index (χ1v) is 8.63. The van der Waals surface area contributed by atoms with Gasteiger partial charge in [0, 0.05) is 6.07 Å². The Labute approximate surface area is 139 Å². The molecule has 3 aromatic rings. The van der Waals surface area contributed by atoms with Gasteiger partial charge in [-0.1, -0.05) is 36.4 Å². The van der Waals surface area contributed by atoms with E-state index in [1.54, 1.807) is 42.5 Å². The summed E-state index contributed by atoms with van der Waals surface area (Å²) in [5, 5.41) is 0. The van der Waals surface area contributed by atoms with Crippen molar-refractivity contribution in [2.45, 2.75) is 4.90 Å². The summed E-state index contributed by atoms with van der Waals surface area (Å²) in [6.45, 7) is 0. The summed E-state index contributed by atoms with van der Waals surface area (Å²) < 4.78 is 46.4. The quantitative estimate of drug-likeness (QED) is 0.746. The van der Waals surface area contributed by atoms with Crippen molar-refractivity contribution in [2.75, 3.05) is 4.72 Å². The van der Waals surface area contributed by atoms with Crippen molar-refractivity contribution < 1.29 is 17.5 Å². The number of rotatable bonds is 5. The number of halogens is 1. The Kier molecular flexibility index (Phi) is 4.48. The largest absolute Gasteiger partial charge is 0.455 e. The molecule has 0 aliphatic heterocycles. The maximum atomic E-state index is 13.5. The molecule has 24 heavy (non-hydrogen) atoms. The zero-order valence-corrected chi connectivity index (χ0v) is 13.3. The Morgan fingerprint density at radius 1 is 0.833 bits per heavy atom. The smallest absolute Gasteiger partial charge is 0.262 e. The van der Waals surface area contributed by atoms with E-state index in [0.717, 1.165) is 6.07 Å². The van der Waals surface area contributed by atoms with Gasteiger partial charge in [0.15, 0.2) is 5.75 Å². The molecule has 0 spiro atoms. The van der Waals surface area contributed by atoms with Gasteiger partial charge in [-0.2, -0.15) is 0 Å². The fourth-order valence-electron chi connectivity index (χ4n) is 2.08. The molecule has 1 N–H and O–H groups in total. The summed E-state index contributed by atoms with van der Waals surface area (Å²) in [6.07, 6.45) is 0. The highest BCUT2D eigenvalue weighted by molar-refractivity contribution is 7.92. The van der Waals surface area contributed by atoms with Crippen LogP contribution in [0.5, 0.6) is 11.5 Å². The molecule has 0 aliphatic rings. The molecule has 3 rings (SSSR count). The Morgan fingerprint density at radius 2 is 1.46 bits per heavy atom. The minimum absolute atomic E-state index is 0.0840. The molecular weight excluding hydrogens is 329 g/mol. The summed E-state index contributed by atoms with van der Waals surface area (Å²) in [5.74, 6) is 0.0348. The maximum Gasteiger partial charge on any atom is 0.262 e. The van der Waals surface area contributed by atoms with Crippen molar-refractivity contribution in [3.63, 3.8) is 0 Å². The number of sulfonamides is 1. The van der Waals surface area contributed by atoms with Crippen LogP contribution in [0.2, 0.25) is 0 Å². The van der Waals surface area contributed by atoms with Crippen LogP contribution < -0.4 is 9.46 Å². The first-order valence-electron chi connectivity index (χ1n) is 7.15. The molecule has 0 unspecified atom stereocenters. The van der Waals surface area contributed by atoms with Crippen LogP contribution in [0.15, 0.2) is 83.8 Å². The average molecular weight is 343 g/mol. The van der Waals surface area contributed by atoms with Gasteiger partial charge in [-0.05, 0) is 36.4 Å². The minimum Gasteiger partial charge on any atom is -0.455 e. The van der Waals surface area contributed by atoms with Crippen LogP contribution in [-0.4, -0.2) is 8.42 Å². The molecular formula is C18H14FNO3S. The minimum atomic E-state index is -3.79. The van der Waals surface area contributed by atoms with Crippen molar-refractivity contribution in [1.82, 2.24) is 0 Å². The monoisotopic (exact) mass is 343 g/mol. The Bertz CT molecular complexity index is 929. The molecule has 0 heterocycles. The number of anilines is 1. The third-order valence-corrected chi connectivity index (χ3v) is 4.59. The maximum absolute atomic E-state index is 13.5. The highest BCUT2D eigenvalue weighted by Gasteiger charge is 2.17.